The molecule has 0 saturated heterocycles. The molecule has 1 aromatic carbocycles. The lowest BCUT2D eigenvalue weighted by Gasteiger charge is -2.23. The van der Waals surface area contributed by atoms with Crippen LogP contribution in [0.3, 0.4) is 0 Å². The highest BCUT2D eigenvalue weighted by molar-refractivity contribution is 5.81. The molecule has 1 unspecified atom stereocenters. The maximum Gasteiger partial charge on any atom is 0.239 e. The quantitative estimate of drug-likeness (QED) is 0.834. The van der Waals surface area contributed by atoms with Gasteiger partial charge in [0.25, 0.3) is 0 Å². The molecule has 1 aliphatic carbocycles. The Kier molecular flexibility index (Phi) is 5.06. The zero-order valence-electron chi connectivity index (χ0n) is 11.4. The highest BCUT2D eigenvalue weighted by Crippen LogP contribution is 2.22. The van der Waals surface area contributed by atoms with Gasteiger partial charge in [0.2, 0.25) is 5.91 Å². The molecule has 0 aromatic heterocycles. The van der Waals surface area contributed by atoms with Crippen LogP contribution in [-0.2, 0) is 4.79 Å². The Bertz CT molecular complexity index is 451. The van der Waals surface area contributed by atoms with Crippen molar-refractivity contribution in [3.63, 3.8) is 0 Å². The van der Waals surface area contributed by atoms with Gasteiger partial charge in [-0.2, -0.15) is 0 Å². The lowest BCUT2D eigenvalue weighted by molar-refractivity contribution is -0.120. The highest BCUT2D eigenvalue weighted by atomic mass is 19.1. The van der Waals surface area contributed by atoms with Crippen molar-refractivity contribution in [2.24, 2.45) is 5.73 Å². The van der Waals surface area contributed by atoms with E-state index in [9.17, 15) is 13.6 Å². The number of halogens is 2. The molecule has 2 rings (SSSR count). The minimum atomic E-state index is -0.844. The van der Waals surface area contributed by atoms with Crippen LogP contribution in [0.4, 0.5) is 8.78 Å². The largest absolute Gasteiger partial charge is 0.368 e. The number of hydrogen-bond donors (Lipinski definition) is 2. The van der Waals surface area contributed by atoms with Crippen LogP contribution >= 0.6 is 0 Å². The monoisotopic (exact) mass is 282 g/mol. The van der Waals surface area contributed by atoms with Crippen LogP contribution in [0, 0.1) is 11.6 Å². The van der Waals surface area contributed by atoms with Crippen LogP contribution in [0.15, 0.2) is 18.2 Å². The van der Waals surface area contributed by atoms with Gasteiger partial charge in [-0.25, -0.2) is 8.78 Å². The van der Waals surface area contributed by atoms with Crippen molar-refractivity contribution >= 4 is 5.91 Å². The van der Waals surface area contributed by atoms with E-state index in [1.807, 2.05) is 0 Å². The molecule has 110 valence electrons. The molecule has 1 aliphatic rings. The smallest absolute Gasteiger partial charge is 0.239 e. The molecule has 1 amide bonds. The molecule has 1 aromatic rings. The van der Waals surface area contributed by atoms with Gasteiger partial charge in [0.15, 0.2) is 0 Å². The first-order valence-electron chi connectivity index (χ1n) is 7.07. The number of hydrogen-bond acceptors (Lipinski definition) is 2. The Balaban J connectivity index is 2.15. The summed E-state index contributed by atoms with van der Waals surface area (Å²) in [5.74, 6) is -2.01. The van der Waals surface area contributed by atoms with Crippen molar-refractivity contribution < 1.29 is 13.6 Å². The van der Waals surface area contributed by atoms with Gasteiger partial charge in [-0.3, -0.25) is 10.1 Å². The van der Waals surface area contributed by atoms with Crippen LogP contribution in [0.2, 0.25) is 0 Å². The molecule has 5 heteroatoms. The molecule has 0 aliphatic heterocycles. The minimum absolute atomic E-state index is 0.168. The molecule has 1 saturated carbocycles. The van der Waals surface area contributed by atoms with Crippen molar-refractivity contribution in [3.05, 3.63) is 35.4 Å². The third kappa shape index (κ3) is 4.00. The second-order valence-electron chi connectivity index (χ2n) is 5.39. The summed E-state index contributed by atoms with van der Waals surface area (Å²) in [7, 11) is 0. The topological polar surface area (TPSA) is 55.1 Å². The summed E-state index contributed by atoms with van der Waals surface area (Å²) in [6, 6.07) is 2.42. The minimum Gasteiger partial charge on any atom is -0.368 e. The number of nitrogens with one attached hydrogen (secondary N) is 1. The first-order valence-corrected chi connectivity index (χ1v) is 7.07. The summed E-state index contributed by atoms with van der Waals surface area (Å²) in [5.41, 5.74) is 5.63. The van der Waals surface area contributed by atoms with Gasteiger partial charge in [-0.05, 0) is 30.5 Å². The Hall–Kier alpha value is -1.49. The second-order valence-corrected chi connectivity index (χ2v) is 5.39. The number of carbonyl (C=O) groups excluding carboxylic acids is 1. The molecule has 3 N–H and O–H groups in total. The third-order valence-corrected chi connectivity index (χ3v) is 3.76. The van der Waals surface area contributed by atoms with Crippen LogP contribution in [0.25, 0.3) is 0 Å². The number of nitrogens with two attached hydrogens (primary N) is 1. The van der Waals surface area contributed by atoms with E-state index in [0.29, 0.717) is 0 Å². The number of benzene rings is 1. The lowest BCUT2D eigenvalue weighted by atomic mass is 10.0. The molecule has 1 atom stereocenters. The summed E-state index contributed by atoms with van der Waals surface area (Å²) in [6.07, 6.45) is 6.49. The lowest BCUT2D eigenvalue weighted by Crippen LogP contribution is -2.40. The predicted octanol–water partition coefficient (Wildman–Crippen LogP) is 2.80. The Morgan fingerprint density at radius 1 is 1.10 bits per heavy atom. The first-order chi connectivity index (χ1) is 9.56. The van der Waals surface area contributed by atoms with Crippen molar-refractivity contribution in [3.8, 4) is 0 Å². The Morgan fingerprint density at radius 3 is 2.15 bits per heavy atom. The number of rotatable bonds is 4. The van der Waals surface area contributed by atoms with E-state index < -0.39 is 23.6 Å². The third-order valence-electron chi connectivity index (χ3n) is 3.76. The average molecular weight is 282 g/mol. The number of carbonyl (C=O) groups is 1. The molecule has 1 fully saturated rings. The standard InChI is InChI=1S/C15H20F2N2O/c16-11-7-10(8-12(17)9-11)14(15(18)20)19-13-5-3-1-2-4-6-13/h7-9,13-14,19H,1-6H2,(H2,18,20). The van der Waals surface area contributed by atoms with Crippen molar-refractivity contribution in [1.82, 2.24) is 5.32 Å². The molecule has 0 radical (unpaired) electrons. The fourth-order valence-corrected chi connectivity index (χ4v) is 2.77. The van der Waals surface area contributed by atoms with E-state index in [4.69, 9.17) is 5.73 Å². The summed E-state index contributed by atoms with van der Waals surface area (Å²) in [5, 5.41) is 3.16. The fourth-order valence-electron chi connectivity index (χ4n) is 2.77. The van der Waals surface area contributed by atoms with E-state index in [0.717, 1.165) is 43.9 Å². The fraction of sp³-hybridized carbons (Fsp3) is 0.533. The summed E-state index contributed by atoms with van der Waals surface area (Å²) < 4.78 is 26.6. The molecule has 0 bridgehead atoms. The van der Waals surface area contributed by atoms with Gasteiger partial charge in [-0.1, -0.05) is 25.7 Å². The molecule has 0 spiro atoms. The van der Waals surface area contributed by atoms with Crippen LogP contribution in [-0.4, -0.2) is 11.9 Å². The number of amides is 1. The van der Waals surface area contributed by atoms with Crippen LogP contribution in [0.1, 0.15) is 50.1 Å². The van der Waals surface area contributed by atoms with Crippen LogP contribution < -0.4 is 11.1 Å². The van der Waals surface area contributed by atoms with Gasteiger partial charge in [-0.15, -0.1) is 0 Å². The Labute approximate surface area is 117 Å². The highest BCUT2D eigenvalue weighted by Gasteiger charge is 2.23. The van der Waals surface area contributed by atoms with Gasteiger partial charge >= 0.3 is 0 Å². The molecular formula is C15H20F2N2O. The van der Waals surface area contributed by atoms with Gasteiger partial charge in [0.1, 0.15) is 17.7 Å². The second kappa shape index (κ2) is 6.79. The van der Waals surface area contributed by atoms with Crippen molar-refractivity contribution in [2.45, 2.75) is 50.6 Å². The number of primary amides is 1. The predicted molar refractivity (Wildman–Crippen MR) is 72.9 cm³/mol. The normalized spacial score (nSPS) is 18.5. The van der Waals surface area contributed by atoms with E-state index in [1.54, 1.807) is 0 Å². The van der Waals surface area contributed by atoms with E-state index >= 15 is 0 Å². The van der Waals surface area contributed by atoms with E-state index in [1.165, 1.54) is 12.8 Å². The summed E-state index contributed by atoms with van der Waals surface area (Å²) in [6.45, 7) is 0. The Morgan fingerprint density at radius 2 is 1.65 bits per heavy atom. The van der Waals surface area contributed by atoms with Crippen LogP contribution in [0.5, 0.6) is 0 Å². The van der Waals surface area contributed by atoms with Gasteiger partial charge in [0.05, 0.1) is 0 Å². The summed E-state index contributed by atoms with van der Waals surface area (Å²) in [4.78, 5) is 11.6. The van der Waals surface area contributed by atoms with Gasteiger partial charge < -0.3 is 5.73 Å². The van der Waals surface area contributed by atoms with E-state index in [2.05, 4.69) is 5.32 Å². The zero-order valence-corrected chi connectivity index (χ0v) is 11.4. The van der Waals surface area contributed by atoms with E-state index in [-0.39, 0.29) is 11.6 Å². The van der Waals surface area contributed by atoms with Crippen molar-refractivity contribution in [1.29, 1.82) is 0 Å². The maximum absolute atomic E-state index is 13.3. The first kappa shape index (κ1) is 14.9. The summed E-state index contributed by atoms with van der Waals surface area (Å²) >= 11 is 0. The maximum atomic E-state index is 13.3. The molecular weight excluding hydrogens is 262 g/mol. The van der Waals surface area contributed by atoms with Gasteiger partial charge in [0, 0.05) is 12.1 Å². The SMILES string of the molecule is NC(=O)C(NC1CCCCCC1)c1cc(F)cc(F)c1. The van der Waals surface area contributed by atoms with Crippen molar-refractivity contribution in [2.75, 3.05) is 0 Å². The molecule has 0 heterocycles. The zero-order chi connectivity index (χ0) is 14.5. The molecule has 20 heavy (non-hydrogen) atoms. The molecule has 3 nitrogen and oxygen atoms in total. The average Bonchev–Trinajstić information content (AvgIpc) is 2.62.